The first-order chi connectivity index (χ1) is 15.4. The second kappa shape index (κ2) is 12.6. The Morgan fingerprint density at radius 3 is 2.21 bits per heavy atom. The van der Waals surface area contributed by atoms with E-state index in [1.54, 1.807) is 12.1 Å². The predicted octanol–water partition coefficient (Wildman–Crippen LogP) is 4.37. The van der Waals surface area contributed by atoms with Gasteiger partial charge in [-0.05, 0) is 56.1 Å². The van der Waals surface area contributed by atoms with Crippen molar-refractivity contribution in [3.63, 3.8) is 0 Å². The molecule has 0 heterocycles. The van der Waals surface area contributed by atoms with Gasteiger partial charge in [0.25, 0.3) is 0 Å². The maximum atomic E-state index is 11.4. The monoisotopic (exact) mass is 490 g/mol. The van der Waals surface area contributed by atoms with Crippen LogP contribution in [0.4, 0.5) is 0 Å². The molecule has 0 atom stereocenters. The van der Waals surface area contributed by atoms with Gasteiger partial charge in [-0.2, -0.15) is 0 Å². The van der Waals surface area contributed by atoms with Crippen molar-refractivity contribution in [3.05, 3.63) is 89.0 Å². The quantitative estimate of drug-likeness (QED) is 0.389. The number of halogens is 1. The summed E-state index contributed by atoms with van der Waals surface area (Å²) >= 11 is 0. The summed E-state index contributed by atoms with van der Waals surface area (Å²) in [6.07, 6.45) is 0.760. The Bertz CT molecular complexity index is 1120. The molecule has 0 aliphatic heterocycles. The Balaban J connectivity index is 0.00000385. The van der Waals surface area contributed by atoms with E-state index in [9.17, 15) is 8.42 Å². The molecular formula is C25H31ClN2O4S. The van der Waals surface area contributed by atoms with Gasteiger partial charge in [0.15, 0.2) is 11.5 Å². The van der Waals surface area contributed by atoms with E-state index < -0.39 is 10.0 Å². The van der Waals surface area contributed by atoms with Crippen molar-refractivity contribution in [2.24, 2.45) is 5.14 Å². The van der Waals surface area contributed by atoms with E-state index in [4.69, 9.17) is 14.6 Å². The molecule has 0 fully saturated rings. The molecule has 6 nitrogen and oxygen atoms in total. The summed E-state index contributed by atoms with van der Waals surface area (Å²) in [6.45, 7) is 6.40. The number of aryl methyl sites for hydroxylation is 1. The number of nitrogens with two attached hydrogens (primary N) is 1. The number of ether oxygens (including phenoxy) is 2. The fraction of sp³-hybridized carbons (Fsp3) is 0.280. The zero-order chi connectivity index (χ0) is 23.0. The van der Waals surface area contributed by atoms with Crippen LogP contribution >= 0.6 is 12.4 Å². The third kappa shape index (κ3) is 8.05. The summed E-state index contributed by atoms with van der Waals surface area (Å²) in [5, 5.41) is 8.58. The predicted molar refractivity (Wildman–Crippen MR) is 134 cm³/mol. The Labute approximate surface area is 202 Å². The molecule has 3 rings (SSSR count). The zero-order valence-corrected chi connectivity index (χ0v) is 20.5. The van der Waals surface area contributed by atoms with Crippen LogP contribution in [0.1, 0.15) is 29.2 Å². The van der Waals surface area contributed by atoms with Gasteiger partial charge in [0, 0.05) is 12.1 Å². The van der Waals surface area contributed by atoms with Crippen molar-refractivity contribution in [1.82, 2.24) is 5.32 Å². The molecular weight excluding hydrogens is 460 g/mol. The highest BCUT2D eigenvalue weighted by atomic mass is 35.5. The van der Waals surface area contributed by atoms with Crippen molar-refractivity contribution >= 4 is 22.4 Å². The minimum absolute atomic E-state index is 0. The van der Waals surface area contributed by atoms with Crippen LogP contribution in [0.3, 0.4) is 0 Å². The third-order valence-electron chi connectivity index (χ3n) is 5.02. The van der Waals surface area contributed by atoms with Crippen LogP contribution in [0.2, 0.25) is 0 Å². The molecule has 0 saturated carbocycles. The SMILES string of the molecule is CCOc1cccc(CNCCc2ccc(S(N)(=O)=O)cc2)c1OCc1ccc(C)cc1.Cl. The lowest BCUT2D eigenvalue weighted by molar-refractivity contribution is 0.266. The Morgan fingerprint density at radius 2 is 1.58 bits per heavy atom. The number of primary sulfonamides is 1. The van der Waals surface area contributed by atoms with Crippen LogP contribution in [0.5, 0.6) is 11.5 Å². The smallest absolute Gasteiger partial charge is 0.238 e. The number of benzene rings is 3. The van der Waals surface area contributed by atoms with E-state index in [-0.39, 0.29) is 17.3 Å². The van der Waals surface area contributed by atoms with Gasteiger partial charge in [0.05, 0.1) is 11.5 Å². The summed E-state index contributed by atoms with van der Waals surface area (Å²) in [5.41, 5.74) is 4.37. The van der Waals surface area contributed by atoms with Crippen molar-refractivity contribution in [1.29, 1.82) is 0 Å². The molecule has 0 aromatic heterocycles. The van der Waals surface area contributed by atoms with E-state index >= 15 is 0 Å². The summed E-state index contributed by atoms with van der Waals surface area (Å²) in [7, 11) is -3.66. The average molecular weight is 491 g/mol. The molecule has 3 aromatic carbocycles. The number of hydrogen-bond acceptors (Lipinski definition) is 5. The maximum Gasteiger partial charge on any atom is 0.238 e. The summed E-state index contributed by atoms with van der Waals surface area (Å²) < 4.78 is 34.7. The van der Waals surface area contributed by atoms with Crippen LogP contribution in [0.25, 0.3) is 0 Å². The molecule has 0 amide bonds. The summed E-state index contributed by atoms with van der Waals surface area (Å²) in [5.74, 6) is 1.48. The summed E-state index contributed by atoms with van der Waals surface area (Å²) in [6, 6.07) is 20.8. The molecule has 0 radical (unpaired) electrons. The van der Waals surface area contributed by atoms with Crippen LogP contribution in [0.15, 0.2) is 71.6 Å². The lowest BCUT2D eigenvalue weighted by atomic mass is 10.1. The van der Waals surface area contributed by atoms with Gasteiger partial charge >= 0.3 is 0 Å². The van der Waals surface area contributed by atoms with Crippen molar-refractivity contribution in [3.8, 4) is 11.5 Å². The van der Waals surface area contributed by atoms with E-state index in [0.29, 0.717) is 19.8 Å². The van der Waals surface area contributed by atoms with Crippen molar-refractivity contribution < 1.29 is 17.9 Å². The van der Waals surface area contributed by atoms with Gasteiger partial charge in [-0.25, -0.2) is 13.6 Å². The fourth-order valence-electron chi connectivity index (χ4n) is 3.27. The molecule has 0 saturated heterocycles. The zero-order valence-electron chi connectivity index (χ0n) is 18.9. The number of para-hydroxylation sites is 1. The van der Waals surface area contributed by atoms with Crippen LogP contribution in [-0.4, -0.2) is 21.6 Å². The molecule has 8 heteroatoms. The van der Waals surface area contributed by atoms with Gasteiger partial charge in [-0.15, -0.1) is 12.4 Å². The highest BCUT2D eigenvalue weighted by Gasteiger charge is 2.12. The molecule has 0 unspecified atom stereocenters. The Kier molecular flexibility index (Phi) is 10.2. The van der Waals surface area contributed by atoms with Gasteiger partial charge in [-0.1, -0.05) is 54.1 Å². The maximum absolute atomic E-state index is 11.4. The highest BCUT2D eigenvalue weighted by molar-refractivity contribution is 7.89. The van der Waals surface area contributed by atoms with Crippen LogP contribution < -0.4 is 19.9 Å². The van der Waals surface area contributed by atoms with Crippen LogP contribution in [-0.2, 0) is 29.6 Å². The lowest BCUT2D eigenvalue weighted by Crippen LogP contribution is -2.18. The third-order valence-corrected chi connectivity index (χ3v) is 5.95. The van der Waals surface area contributed by atoms with Gasteiger partial charge in [0.1, 0.15) is 6.61 Å². The Morgan fingerprint density at radius 1 is 0.909 bits per heavy atom. The molecule has 0 spiro atoms. The first-order valence-electron chi connectivity index (χ1n) is 10.6. The van der Waals surface area contributed by atoms with E-state index in [0.717, 1.165) is 41.2 Å². The number of hydrogen-bond donors (Lipinski definition) is 2. The minimum atomic E-state index is -3.66. The Hall–Kier alpha value is -2.58. The first-order valence-corrected chi connectivity index (χ1v) is 12.2. The van der Waals surface area contributed by atoms with Gasteiger partial charge in [0.2, 0.25) is 10.0 Å². The summed E-state index contributed by atoms with van der Waals surface area (Å²) in [4.78, 5) is 0.123. The molecule has 3 N–H and O–H groups in total. The normalized spacial score (nSPS) is 11.0. The molecule has 3 aromatic rings. The molecule has 33 heavy (non-hydrogen) atoms. The van der Waals surface area contributed by atoms with Crippen molar-refractivity contribution in [2.75, 3.05) is 13.2 Å². The molecule has 0 aliphatic rings. The highest BCUT2D eigenvalue weighted by Crippen LogP contribution is 2.32. The topological polar surface area (TPSA) is 90.6 Å². The van der Waals surface area contributed by atoms with Gasteiger partial charge < -0.3 is 14.8 Å². The lowest BCUT2D eigenvalue weighted by Gasteiger charge is -2.17. The first kappa shape index (κ1) is 26.7. The standard InChI is InChI=1S/C25H30N2O4S.ClH/c1-3-30-24-6-4-5-22(25(24)31-18-21-9-7-19(2)8-10-21)17-27-16-15-20-11-13-23(14-12-20)32(26,28)29;/h4-14,27H,3,15-18H2,1-2H3,(H2,26,28,29);1H. The van der Waals surface area contributed by atoms with Crippen LogP contribution in [0, 0.1) is 6.92 Å². The van der Waals surface area contributed by atoms with Gasteiger partial charge in [-0.3, -0.25) is 0 Å². The number of rotatable bonds is 11. The minimum Gasteiger partial charge on any atom is -0.490 e. The van der Waals surface area contributed by atoms with E-state index in [2.05, 4.69) is 36.5 Å². The largest absolute Gasteiger partial charge is 0.490 e. The molecule has 0 aliphatic carbocycles. The second-order valence-corrected chi connectivity index (χ2v) is 9.13. The van der Waals surface area contributed by atoms with Crippen molar-refractivity contribution in [2.45, 2.75) is 38.3 Å². The number of sulfonamides is 1. The number of nitrogens with one attached hydrogen (secondary N) is 1. The average Bonchev–Trinajstić information content (AvgIpc) is 2.77. The molecule has 178 valence electrons. The molecule has 0 bridgehead atoms. The second-order valence-electron chi connectivity index (χ2n) is 7.57. The fourth-order valence-corrected chi connectivity index (χ4v) is 3.79. The van der Waals surface area contributed by atoms with E-state index in [1.807, 2.05) is 25.1 Å². The van der Waals surface area contributed by atoms with E-state index in [1.165, 1.54) is 17.7 Å².